The summed E-state index contributed by atoms with van der Waals surface area (Å²) >= 11 is 0. The van der Waals surface area contributed by atoms with Gasteiger partial charge in [-0.2, -0.15) is 0 Å². The number of aryl methyl sites for hydroxylation is 1. The molecule has 0 bridgehead atoms. The Kier molecular flexibility index (Phi) is 2.85. The topological polar surface area (TPSA) is 11.3 Å². The summed E-state index contributed by atoms with van der Waals surface area (Å²) in [5.41, 5.74) is 6.52. The zero-order valence-corrected chi connectivity index (χ0v) is 12.1. The van der Waals surface area contributed by atoms with Gasteiger partial charge in [-0.3, -0.25) is 0 Å². The first-order valence-electron chi connectivity index (χ1n) is 7.38. The maximum atomic E-state index is 6.18. The molecule has 0 amide bonds. The molecule has 0 fully saturated rings. The lowest BCUT2D eigenvalue weighted by atomic mass is 9.90. The van der Waals surface area contributed by atoms with E-state index in [0.29, 0.717) is 0 Å². The van der Waals surface area contributed by atoms with Crippen LogP contribution in [0.15, 0.2) is 65.1 Å². The lowest BCUT2D eigenvalue weighted by Gasteiger charge is -2.12. The number of hydrogen-bond donors (Lipinski definition) is 0. The molecular formula is C20H17O+. The van der Waals surface area contributed by atoms with Gasteiger partial charge in [-0.25, -0.2) is 4.42 Å². The zero-order chi connectivity index (χ0) is 14.2. The molecule has 0 radical (unpaired) electrons. The van der Waals surface area contributed by atoms with Gasteiger partial charge in [0.2, 0.25) is 0 Å². The summed E-state index contributed by atoms with van der Waals surface area (Å²) in [7, 11) is 0. The van der Waals surface area contributed by atoms with Gasteiger partial charge in [0.25, 0.3) is 0 Å². The van der Waals surface area contributed by atoms with E-state index in [0.717, 1.165) is 29.9 Å². The fourth-order valence-corrected chi connectivity index (χ4v) is 2.96. The molecule has 0 saturated carbocycles. The van der Waals surface area contributed by atoms with E-state index in [9.17, 15) is 0 Å². The average Bonchev–Trinajstić information content (AvgIpc) is 2.53. The molecule has 0 spiro atoms. The van der Waals surface area contributed by atoms with Crippen LogP contribution < -0.4 is 0 Å². The number of hydrogen-bond acceptors (Lipinski definition) is 0. The summed E-state index contributed by atoms with van der Waals surface area (Å²) in [6.07, 6.45) is 1.87. The molecule has 1 aromatic heterocycles. The van der Waals surface area contributed by atoms with Gasteiger partial charge in [0.15, 0.2) is 0 Å². The summed E-state index contributed by atoms with van der Waals surface area (Å²) in [5.74, 6) is 2.06. The van der Waals surface area contributed by atoms with Crippen molar-refractivity contribution in [3.8, 4) is 11.3 Å². The Morgan fingerprint density at radius 3 is 2.19 bits per heavy atom. The second-order valence-electron chi connectivity index (χ2n) is 5.74. The van der Waals surface area contributed by atoms with Crippen molar-refractivity contribution < 1.29 is 4.42 Å². The fraction of sp³-hybridized carbons (Fsp3) is 0.150. The van der Waals surface area contributed by atoms with Crippen molar-refractivity contribution >= 4 is 0 Å². The third kappa shape index (κ3) is 2.25. The van der Waals surface area contributed by atoms with E-state index in [2.05, 4.69) is 67.6 Å². The first-order valence-corrected chi connectivity index (χ1v) is 7.38. The third-order valence-corrected chi connectivity index (χ3v) is 4.21. The summed E-state index contributed by atoms with van der Waals surface area (Å²) in [6.45, 7) is 2.10. The smallest absolute Gasteiger partial charge is 0.212 e. The Balaban J connectivity index is 1.74. The highest BCUT2D eigenvalue weighted by Crippen LogP contribution is 2.30. The molecule has 102 valence electrons. The van der Waals surface area contributed by atoms with E-state index in [1.807, 2.05) is 0 Å². The Morgan fingerprint density at radius 1 is 0.714 bits per heavy atom. The zero-order valence-electron chi connectivity index (χ0n) is 12.1. The van der Waals surface area contributed by atoms with Crippen LogP contribution in [-0.2, 0) is 12.8 Å². The van der Waals surface area contributed by atoms with Crippen molar-refractivity contribution in [1.82, 2.24) is 0 Å². The van der Waals surface area contributed by atoms with E-state index < -0.39 is 0 Å². The highest BCUT2D eigenvalue weighted by molar-refractivity contribution is 5.58. The van der Waals surface area contributed by atoms with Crippen LogP contribution in [0.3, 0.4) is 0 Å². The van der Waals surface area contributed by atoms with Crippen molar-refractivity contribution in [3.63, 3.8) is 0 Å². The molecule has 0 unspecified atom stereocenters. The van der Waals surface area contributed by atoms with Crippen LogP contribution in [0.1, 0.15) is 28.0 Å². The van der Waals surface area contributed by atoms with Gasteiger partial charge in [0.1, 0.15) is 0 Å². The molecule has 0 saturated heterocycles. The Morgan fingerprint density at radius 2 is 1.43 bits per heavy atom. The second kappa shape index (κ2) is 4.85. The Hall–Kier alpha value is -2.41. The summed E-state index contributed by atoms with van der Waals surface area (Å²) < 4.78 is 6.18. The Labute approximate surface area is 124 Å². The molecule has 3 aromatic rings. The molecule has 2 aromatic carbocycles. The molecule has 0 N–H and O–H groups in total. The van der Waals surface area contributed by atoms with E-state index in [1.165, 1.54) is 22.3 Å². The first-order chi connectivity index (χ1) is 10.3. The fourth-order valence-electron chi connectivity index (χ4n) is 2.96. The summed E-state index contributed by atoms with van der Waals surface area (Å²) in [4.78, 5) is 0. The van der Waals surface area contributed by atoms with Gasteiger partial charge in [-0.05, 0) is 36.2 Å². The predicted octanol–water partition coefficient (Wildman–Crippen LogP) is 5.03. The lowest BCUT2D eigenvalue weighted by Crippen LogP contribution is -2.07. The van der Waals surface area contributed by atoms with E-state index in [1.54, 1.807) is 0 Å². The molecule has 4 rings (SSSR count). The van der Waals surface area contributed by atoms with Crippen LogP contribution in [-0.4, -0.2) is 0 Å². The minimum absolute atomic E-state index is 0.894. The standard InChI is InChI=1S/C20H17O/c1-14-6-8-15(9-7-14)19-11-10-18-12-16-4-2-3-5-17(16)13-20(18)21-19/h2-11H,12-13H2,1H3/q+1. The molecule has 0 atom stereocenters. The molecule has 1 aliphatic rings. The van der Waals surface area contributed by atoms with Crippen LogP contribution in [0.4, 0.5) is 0 Å². The minimum atomic E-state index is 0.894. The van der Waals surface area contributed by atoms with Crippen LogP contribution in [0, 0.1) is 6.92 Å². The van der Waals surface area contributed by atoms with Crippen molar-refractivity contribution in [2.24, 2.45) is 0 Å². The van der Waals surface area contributed by atoms with Crippen LogP contribution in [0.2, 0.25) is 0 Å². The minimum Gasteiger partial charge on any atom is -0.212 e. The van der Waals surface area contributed by atoms with Gasteiger partial charge < -0.3 is 0 Å². The van der Waals surface area contributed by atoms with Crippen LogP contribution in [0.5, 0.6) is 0 Å². The van der Waals surface area contributed by atoms with Crippen LogP contribution in [0.25, 0.3) is 11.3 Å². The van der Waals surface area contributed by atoms with E-state index in [-0.39, 0.29) is 0 Å². The van der Waals surface area contributed by atoms with Gasteiger partial charge >= 0.3 is 11.5 Å². The normalized spacial score (nSPS) is 12.6. The van der Waals surface area contributed by atoms with Crippen LogP contribution >= 0.6 is 0 Å². The molecule has 0 aliphatic heterocycles. The molecule has 1 aliphatic carbocycles. The average molecular weight is 273 g/mol. The second-order valence-corrected chi connectivity index (χ2v) is 5.74. The molecule has 1 heterocycles. The lowest BCUT2D eigenvalue weighted by molar-refractivity contribution is 0.505. The number of rotatable bonds is 1. The van der Waals surface area contributed by atoms with Gasteiger partial charge in [0.05, 0.1) is 17.5 Å². The Bertz CT molecular complexity index is 800. The van der Waals surface area contributed by atoms with Crippen molar-refractivity contribution in [2.45, 2.75) is 19.8 Å². The highest BCUT2D eigenvalue weighted by atomic mass is 16.3. The van der Waals surface area contributed by atoms with Gasteiger partial charge in [-0.15, -0.1) is 0 Å². The molecule has 1 nitrogen and oxygen atoms in total. The SMILES string of the molecule is Cc1ccc(-c2ccc3c([o+]2)Cc2ccccc2C3)cc1. The predicted molar refractivity (Wildman–Crippen MR) is 85.3 cm³/mol. The van der Waals surface area contributed by atoms with E-state index in [4.69, 9.17) is 4.42 Å². The third-order valence-electron chi connectivity index (χ3n) is 4.21. The number of fused-ring (bicyclic) bond motifs is 2. The van der Waals surface area contributed by atoms with Crippen molar-refractivity contribution in [2.75, 3.05) is 0 Å². The summed E-state index contributed by atoms with van der Waals surface area (Å²) in [5, 5.41) is 0. The highest BCUT2D eigenvalue weighted by Gasteiger charge is 2.26. The molecular weight excluding hydrogens is 256 g/mol. The van der Waals surface area contributed by atoms with Gasteiger partial charge in [-0.1, -0.05) is 42.0 Å². The van der Waals surface area contributed by atoms with Crippen molar-refractivity contribution in [1.29, 1.82) is 0 Å². The maximum absolute atomic E-state index is 6.18. The van der Waals surface area contributed by atoms with Gasteiger partial charge in [0, 0.05) is 12.5 Å². The quantitative estimate of drug-likeness (QED) is 0.443. The van der Waals surface area contributed by atoms with Crippen molar-refractivity contribution in [3.05, 3.63) is 88.7 Å². The number of benzene rings is 2. The monoisotopic (exact) mass is 273 g/mol. The molecule has 21 heavy (non-hydrogen) atoms. The summed E-state index contributed by atoms with van der Waals surface area (Å²) in [6, 6.07) is 21.4. The molecule has 1 heteroatoms. The first kappa shape index (κ1) is 12.3. The van der Waals surface area contributed by atoms with E-state index >= 15 is 0 Å². The maximum Gasteiger partial charge on any atom is 0.360 e. The largest absolute Gasteiger partial charge is 0.360 e.